The van der Waals surface area contributed by atoms with Crippen molar-refractivity contribution in [2.24, 2.45) is 0 Å². The lowest BCUT2D eigenvalue weighted by Gasteiger charge is -2.32. The topological polar surface area (TPSA) is 123 Å². The minimum atomic E-state index is -0.594. The predicted octanol–water partition coefficient (Wildman–Crippen LogP) is 5.08. The Hall–Kier alpha value is -4.71. The number of amides is 1. The molecule has 0 bridgehead atoms. The first-order chi connectivity index (χ1) is 19.8. The third-order valence-electron chi connectivity index (χ3n) is 6.91. The molecule has 1 aliphatic rings. The maximum Gasteiger partial charge on any atom is 0.240 e. The van der Waals surface area contributed by atoms with Crippen molar-refractivity contribution in [2.45, 2.75) is 38.6 Å². The van der Waals surface area contributed by atoms with Crippen molar-refractivity contribution in [3.05, 3.63) is 72.6 Å². The molecule has 2 atom stereocenters. The summed E-state index contributed by atoms with van der Waals surface area (Å²) in [6, 6.07) is 6.55. The fraction of sp³-hybridized carbons (Fsp3) is 0.250. The van der Waals surface area contributed by atoms with Crippen LogP contribution in [0.3, 0.4) is 0 Å². The molecule has 1 N–H and O–H groups in total. The van der Waals surface area contributed by atoms with E-state index in [9.17, 15) is 4.79 Å². The van der Waals surface area contributed by atoms with Gasteiger partial charge in [0.25, 0.3) is 0 Å². The standard InChI is InChI=1S/C28H25ClFN9O2/c1-15-10-18(6-8-38(15)28(40)17(3)29)26-31-12-21-25(37-26)27(34-13-32-21)36-20-4-5-22(16(2)24(20)30)41-19-7-9-39-23(11-19)33-14-35-39/h4-5,7,9-15,17H,6,8H2,1-3H3,(H,32,34,36)/t15-,17?/m0/s1. The molecule has 0 spiro atoms. The lowest BCUT2D eigenvalue weighted by atomic mass is 10.0. The van der Waals surface area contributed by atoms with Gasteiger partial charge < -0.3 is 15.0 Å². The Morgan fingerprint density at radius 3 is 2.85 bits per heavy atom. The van der Waals surface area contributed by atoms with Gasteiger partial charge in [-0.05, 0) is 51.0 Å². The molecule has 1 aromatic carbocycles. The summed E-state index contributed by atoms with van der Waals surface area (Å²) in [6.07, 6.45) is 8.67. The average Bonchev–Trinajstić information content (AvgIpc) is 3.44. The molecule has 0 radical (unpaired) electrons. The molecule has 1 unspecified atom stereocenters. The SMILES string of the molecule is Cc1c(Oc2ccn3ncnc3c2)ccc(Nc2ncnc3cnc(C4=C[C@H](C)N(C(=O)C(C)Cl)CC4)nc23)c1F. The number of ether oxygens (including phenoxy) is 1. The van der Waals surface area contributed by atoms with Crippen molar-refractivity contribution in [3.8, 4) is 11.5 Å². The molecule has 0 fully saturated rings. The monoisotopic (exact) mass is 573 g/mol. The van der Waals surface area contributed by atoms with Crippen LogP contribution in [0, 0.1) is 12.7 Å². The molecule has 0 aliphatic carbocycles. The number of hydrogen-bond donors (Lipinski definition) is 1. The van der Waals surface area contributed by atoms with Gasteiger partial charge >= 0.3 is 0 Å². The molecule has 0 saturated carbocycles. The number of carbonyl (C=O) groups is 1. The first-order valence-corrected chi connectivity index (χ1v) is 13.4. The van der Waals surface area contributed by atoms with Gasteiger partial charge in [-0.3, -0.25) is 4.79 Å². The molecule has 208 valence electrons. The number of aromatic nitrogens is 7. The summed E-state index contributed by atoms with van der Waals surface area (Å²) in [5.74, 6) is 1.10. The Labute approximate surface area is 239 Å². The molecule has 6 rings (SSSR count). The minimum absolute atomic E-state index is 0.112. The summed E-state index contributed by atoms with van der Waals surface area (Å²) >= 11 is 6.01. The molecule has 4 aromatic heterocycles. The number of benzene rings is 1. The number of alkyl halides is 1. The zero-order valence-corrected chi connectivity index (χ0v) is 23.2. The van der Waals surface area contributed by atoms with E-state index in [1.165, 1.54) is 12.7 Å². The van der Waals surface area contributed by atoms with Crippen molar-refractivity contribution in [3.63, 3.8) is 0 Å². The van der Waals surface area contributed by atoms with E-state index in [1.807, 2.05) is 13.0 Å². The summed E-state index contributed by atoms with van der Waals surface area (Å²) in [6.45, 7) is 5.74. The number of halogens is 2. The van der Waals surface area contributed by atoms with E-state index in [4.69, 9.17) is 21.3 Å². The first kappa shape index (κ1) is 26.5. The third kappa shape index (κ3) is 5.13. The summed E-state index contributed by atoms with van der Waals surface area (Å²) < 4.78 is 23.1. The van der Waals surface area contributed by atoms with Gasteiger partial charge in [-0.25, -0.2) is 33.8 Å². The number of fused-ring (bicyclic) bond motifs is 2. The highest BCUT2D eigenvalue weighted by atomic mass is 35.5. The van der Waals surface area contributed by atoms with Gasteiger partial charge in [0.1, 0.15) is 40.6 Å². The van der Waals surface area contributed by atoms with E-state index >= 15 is 4.39 Å². The molecule has 0 saturated heterocycles. The van der Waals surface area contributed by atoms with Gasteiger partial charge in [0.2, 0.25) is 5.91 Å². The molecule has 1 amide bonds. The molecule has 1 aliphatic heterocycles. The summed E-state index contributed by atoms with van der Waals surface area (Å²) in [4.78, 5) is 36.1. The van der Waals surface area contributed by atoms with Crippen LogP contribution < -0.4 is 10.1 Å². The molecule has 13 heteroatoms. The maximum atomic E-state index is 15.5. The van der Waals surface area contributed by atoms with Gasteiger partial charge in [0, 0.05) is 30.4 Å². The van der Waals surface area contributed by atoms with Crippen molar-refractivity contribution in [2.75, 3.05) is 11.9 Å². The third-order valence-corrected chi connectivity index (χ3v) is 7.10. The highest BCUT2D eigenvalue weighted by Crippen LogP contribution is 2.33. The second-order valence-corrected chi connectivity index (χ2v) is 10.3. The number of rotatable bonds is 6. The van der Waals surface area contributed by atoms with Crippen molar-refractivity contribution < 1.29 is 13.9 Å². The number of nitrogens with zero attached hydrogens (tertiary/aromatic N) is 8. The largest absolute Gasteiger partial charge is 0.457 e. The van der Waals surface area contributed by atoms with Gasteiger partial charge in [0.15, 0.2) is 23.1 Å². The zero-order chi connectivity index (χ0) is 28.7. The quantitative estimate of drug-likeness (QED) is 0.277. The molecule has 11 nitrogen and oxygen atoms in total. The molecule has 5 heterocycles. The van der Waals surface area contributed by atoms with Crippen LogP contribution in [0.5, 0.6) is 11.5 Å². The average molecular weight is 574 g/mol. The number of anilines is 2. The van der Waals surface area contributed by atoms with E-state index in [2.05, 4.69) is 30.4 Å². The van der Waals surface area contributed by atoms with E-state index in [0.29, 0.717) is 58.4 Å². The smallest absolute Gasteiger partial charge is 0.240 e. The minimum Gasteiger partial charge on any atom is -0.457 e. The maximum absolute atomic E-state index is 15.5. The molecule has 41 heavy (non-hydrogen) atoms. The van der Waals surface area contributed by atoms with E-state index in [1.54, 1.807) is 59.9 Å². The van der Waals surface area contributed by atoms with Gasteiger partial charge in [-0.2, -0.15) is 5.10 Å². The fourth-order valence-electron chi connectivity index (χ4n) is 4.72. The lowest BCUT2D eigenvalue weighted by molar-refractivity contribution is -0.131. The van der Waals surface area contributed by atoms with Crippen molar-refractivity contribution >= 4 is 51.3 Å². The fourth-order valence-corrected chi connectivity index (χ4v) is 4.85. The Kier molecular flexibility index (Phi) is 6.91. The second kappa shape index (κ2) is 10.7. The van der Waals surface area contributed by atoms with Crippen LogP contribution in [0.1, 0.15) is 31.7 Å². The van der Waals surface area contributed by atoms with Crippen LogP contribution >= 0.6 is 11.6 Å². The van der Waals surface area contributed by atoms with Gasteiger partial charge in [0.05, 0.1) is 11.9 Å². The number of carbonyl (C=O) groups excluding carboxylic acids is 1. The zero-order valence-electron chi connectivity index (χ0n) is 22.4. The summed E-state index contributed by atoms with van der Waals surface area (Å²) in [7, 11) is 0. The summed E-state index contributed by atoms with van der Waals surface area (Å²) in [5.41, 5.74) is 2.98. The van der Waals surface area contributed by atoms with Crippen LogP contribution in [-0.4, -0.2) is 63.3 Å². The molecule has 5 aromatic rings. The highest BCUT2D eigenvalue weighted by molar-refractivity contribution is 6.30. The highest BCUT2D eigenvalue weighted by Gasteiger charge is 2.27. The molecular formula is C28H25ClFN9O2. The number of hydrogen-bond acceptors (Lipinski definition) is 9. The normalized spacial score (nSPS) is 16.1. The van der Waals surface area contributed by atoms with E-state index < -0.39 is 11.2 Å². The first-order valence-electron chi connectivity index (χ1n) is 12.9. The number of pyridine rings is 1. The van der Waals surface area contributed by atoms with Crippen LogP contribution in [0.15, 0.2) is 55.4 Å². The Morgan fingerprint density at radius 1 is 1.20 bits per heavy atom. The van der Waals surface area contributed by atoms with Crippen LogP contribution in [0.2, 0.25) is 0 Å². The second-order valence-electron chi connectivity index (χ2n) is 9.68. The van der Waals surface area contributed by atoms with Gasteiger partial charge in [-0.15, -0.1) is 11.6 Å². The van der Waals surface area contributed by atoms with E-state index in [-0.39, 0.29) is 17.6 Å². The van der Waals surface area contributed by atoms with Crippen molar-refractivity contribution in [1.29, 1.82) is 0 Å². The predicted molar refractivity (Wildman–Crippen MR) is 152 cm³/mol. The van der Waals surface area contributed by atoms with Gasteiger partial charge in [-0.1, -0.05) is 6.08 Å². The Balaban J connectivity index is 1.27. The number of nitrogens with one attached hydrogen (secondary N) is 1. The summed E-state index contributed by atoms with van der Waals surface area (Å²) in [5, 5.41) is 6.53. The van der Waals surface area contributed by atoms with Crippen LogP contribution in [0.25, 0.3) is 22.3 Å². The van der Waals surface area contributed by atoms with Crippen molar-refractivity contribution in [1.82, 2.24) is 39.4 Å². The lowest BCUT2D eigenvalue weighted by Crippen LogP contribution is -2.43. The van der Waals surface area contributed by atoms with Crippen LogP contribution in [-0.2, 0) is 4.79 Å². The van der Waals surface area contributed by atoms with E-state index in [0.717, 1.165) is 5.57 Å². The van der Waals surface area contributed by atoms with Crippen LogP contribution in [0.4, 0.5) is 15.9 Å². The molecular weight excluding hydrogens is 549 g/mol. The Bertz CT molecular complexity index is 1820. The Morgan fingerprint density at radius 2 is 2.05 bits per heavy atom.